The van der Waals surface area contributed by atoms with Gasteiger partial charge in [-0.3, -0.25) is 4.79 Å². The molecule has 0 saturated carbocycles. The van der Waals surface area contributed by atoms with Crippen molar-refractivity contribution in [3.05, 3.63) is 70.1 Å². The maximum atomic E-state index is 11.9. The van der Waals surface area contributed by atoms with Crippen molar-refractivity contribution in [2.75, 3.05) is 19.6 Å². The van der Waals surface area contributed by atoms with Gasteiger partial charge in [0.2, 0.25) is 0 Å². The van der Waals surface area contributed by atoms with Crippen LogP contribution in [-0.4, -0.2) is 35.3 Å². The lowest BCUT2D eigenvalue weighted by molar-refractivity contribution is 0.0672. The molecule has 28 heavy (non-hydrogen) atoms. The Kier molecular flexibility index (Phi) is 8.26. The first-order chi connectivity index (χ1) is 13.4. The molecule has 1 unspecified atom stereocenters. The van der Waals surface area contributed by atoms with Gasteiger partial charge in [0.05, 0.1) is 6.54 Å². The fourth-order valence-electron chi connectivity index (χ4n) is 2.97. The van der Waals surface area contributed by atoms with E-state index in [9.17, 15) is 9.90 Å². The summed E-state index contributed by atoms with van der Waals surface area (Å²) in [5.41, 5.74) is 0.859. The number of aromatic nitrogens is 1. The minimum atomic E-state index is -1.02. The molecule has 0 aliphatic carbocycles. The van der Waals surface area contributed by atoms with Gasteiger partial charge in [-0.1, -0.05) is 36.4 Å². The highest BCUT2D eigenvalue weighted by Crippen LogP contribution is 2.20. The fourth-order valence-corrected chi connectivity index (χ4v) is 2.97. The summed E-state index contributed by atoms with van der Waals surface area (Å²) in [4.78, 5) is 16.4. The Balaban J connectivity index is 1.84. The summed E-state index contributed by atoms with van der Waals surface area (Å²) in [5, 5.41) is 17.2. The predicted octanol–water partition coefficient (Wildman–Crippen LogP) is 2.40. The van der Waals surface area contributed by atoms with E-state index in [1.54, 1.807) is 23.6 Å². The first-order valence-corrected chi connectivity index (χ1v) is 9.90. The number of hydrogen-bond acceptors (Lipinski definition) is 3. The molecule has 2 rings (SSSR count). The first-order valence-electron chi connectivity index (χ1n) is 9.90. The molecule has 0 radical (unpaired) electrons. The van der Waals surface area contributed by atoms with E-state index < -0.39 is 5.60 Å². The summed E-state index contributed by atoms with van der Waals surface area (Å²) in [6.45, 7) is 8.22. The molecule has 6 heteroatoms. The van der Waals surface area contributed by atoms with Crippen LogP contribution >= 0.6 is 0 Å². The van der Waals surface area contributed by atoms with Crippen LogP contribution in [0.2, 0.25) is 0 Å². The summed E-state index contributed by atoms with van der Waals surface area (Å²) in [6, 6.07) is 14.9. The number of guanidine groups is 1. The summed E-state index contributed by atoms with van der Waals surface area (Å²) in [6.07, 6.45) is 1.82. The molecule has 0 fully saturated rings. The van der Waals surface area contributed by atoms with Gasteiger partial charge in [-0.2, -0.15) is 0 Å². The van der Waals surface area contributed by atoms with E-state index in [1.807, 2.05) is 50.2 Å². The number of aliphatic imine (C=N–C) groups is 1. The molecule has 1 aromatic heterocycles. The maximum absolute atomic E-state index is 11.9. The standard InChI is InChI=1S/C22H32N4O2/c1-4-23-21(25-17-22(3,28)19-12-6-5-7-13-19)24-15-8-9-16-26-18(2)11-10-14-20(26)27/h5-7,10-14,28H,4,8-9,15-17H2,1-3H3,(H2,23,24,25). The van der Waals surface area contributed by atoms with E-state index in [0.29, 0.717) is 12.5 Å². The van der Waals surface area contributed by atoms with Gasteiger partial charge >= 0.3 is 0 Å². The minimum absolute atomic E-state index is 0.0472. The minimum Gasteiger partial charge on any atom is -0.384 e. The van der Waals surface area contributed by atoms with Crippen LogP contribution in [0.5, 0.6) is 0 Å². The van der Waals surface area contributed by atoms with Crippen molar-refractivity contribution < 1.29 is 5.11 Å². The van der Waals surface area contributed by atoms with Crippen LogP contribution in [0.15, 0.2) is 58.3 Å². The van der Waals surface area contributed by atoms with Crippen molar-refractivity contribution in [1.82, 2.24) is 15.2 Å². The lowest BCUT2D eigenvalue weighted by Gasteiger charge is -2.22. The zero-order chi connectivity index (χ0) is 20.4. The van der Waals surface area contributed by atoms with Gasteiger partial charge in [-0.15, -0.1) is 0 Å². The lowest BCUT2D eigenvalue weighted by Crippen LogP contribution is -2.39. The van der Waals surface area contributed by atoms with Crippen LogP contribution in [0.25, 0.3) is 0 Å². The molecule has 152 valence electrons. The number of nitrogens with one attached hydrogen (secondary N) is 2. The number of aryl methyl sites for hydroxylation is 1. The fraction of sp³-hybridized carbons (Fsp3) is 0.455. The van der Waals surface area contributed by atoms with Crippen molar-refractivity contribution in [1.29, 1.82) is 0 Å². The molecular weight excluding hydrogens is 352 g/mol. The van der Waals surface area contributed by atoms with Crippen LogP contribution in [0.1, 0.15) is 37.9 Å². The summed E-state index contributed by atoms with van der Waals surface area (Å²) >= 11 is 0. The second-order valence-electron chi connectivity index (χ2n) is 7.13. The third-order valence-electron chi connectivity index (χ3n) is 4.65. The summed E-state index contributed by atoms with van der Waals surface area (Å²) in [5.74, 6) is 0.687. The van der Waals surface area contributed by atoms with E-state index in [0.717, 1.165) is 37.2 Å². The Labute approximate surface area is 167 Å². The molecule has 0 spiro atoms. The predicted molar refractivity (Wildman–Crippen MR) is 115 cm³/mol. The van der Waals surface area contributed by atoms with E-state index in [-0.39, 0.29) is 12.1 Å². The van der Waals surface area contributed by atoms with Gasteiger partial charge in [0.1, 0.15) is 5.60 Å². The Morgan fingerprint density at radius 1 is 1.11 bits per heavy atom. The highest BCUT2D eigenvalue weighted by Gasteiger charge is 2.22. The van der Waals surface area contributed by atoms with Crippen molar-refractivity contribution >= 4 is 5.96 Å². The van der Waals surface area contributed by atoms with E-state index in [2.05, 4.69) is 15.6 Å². The number of hydrogen-bond donors (Lipinski definition) is 3. The van der Waals surface area contributed by atoms with Crippen LogP contribution in [-0.2, 0) is 12.1 Å². The van der Waals surface area contributed by atoms with Gasteiger partial charge in [-0.05, 0) is 45.2 Å². The molecule has 0 amide bonds. The molecule has 0 aliphatic rings. The molecule has 2 aromatic rings. The van der Waals surface area contributed by atoms with E-state index >= 15 is 0 Å². The number of benzene rings is 1. The van der Waals surface area contributed by atoms with E-state index in [1.165, 1.54) is 0 Å². The number of pyridine rings is 1. The third-order valence-corrected chi connectivity index (χ3v) is 4.65. The second kappa shape index (κ2) is 10.7. The Bertz CT molecular complexity index is 813. The van der Waals surface area contributed by atoms with Gasteiger partial charge in [0, 0.05) is 31.4 Å². The highest BCUT2D eigenvalue weighted by atomic mass is 16.3. The monoisotopic (exact) mass is 384 g/mol. The molecule has 0 bridgehead atoms. The lowest BCUT2D eigenvalue weighted by atomic mass is 9.96. The molecule has 0 saturated heterocycles. The number of unbranched alkanes of at least 4 members (excludes halogenated alkanes) is 1. The summed E-state index contributed by atoms with van der Waals surface area (Å²) < 4.78 is 1.80. The van der Waals surface area contributed by atoms with E-state index in [4.69, 9.17) is 0 Å². The Hall–Kier alpha value is -2.60. The molecule has 1 aromatic carbocycles. The van der Waals surface area contributed by atoms with Gasteiger partial charge in [0.25, 0.3) is 5.56 Å². The average molecular weight is 385 g/mol. The smallest absolute Gasteiger partial charge is 0.250 e. The molecular formula is C22H32N4O2. The van der Waals surface area contributed by atoms with Crippen molar-refractivity contribution in [2.45, 2.75) is 45.8 Å². The van der Waals surface area contributed by atoms with Crippen molar-refractivity contribution in [3.63, 3.8) is 0 Å². The third kappa shape index (κ3) is 6.53. The molecule has 6 nitrogen and oxygen atoms in total. The SMILES string of the molecule is CCNC(=NCC(C)(O)c1ccccc1)NCCCCn1c(C)cccc1=O. The van der Waals surface area contributed by atoms with Gasteiger partial charge in [0.15, 0.2) is 5.96 Å². The maximum Gasteiger partial charge on any atom is 0.250 e. The molecule has 1 heterocycles. The van der Waals surface area contributed by atoms with Crippen molar-refractivity contribution in [2.24, 2.45) is 4.99 Å². The van der Waals surface area contributed by atoms with Gasteiger partial charge < -0.3 is 20.3 Å². The van der Waals surface area contributed by atoms with Crippen LogP contribution in [0.3, 0.4) is 0 Å². The number of aliphatic hydroxyl groups is 1. The number of nitrogens with zero attached hydrogens (tertiary/aromatic N) is 2. The molecule has 1 atom stereocenters. The second-order valence-corrected chi connectivity index (χ2v) is 7.13. The first kappa shape index (κ1) is 21.7. The largest absolute Gasteiger partial charge is 0.384 e. The number of rotatable bonds is 9. The molecule has 3 N–H and O–H groups in total. The van der Waals surface area contributed by atoms with Crippen LogP contribution in [0, 0.1) is 6.92 Å². The Morgan fingerprint density at radius 3 is 2.54 bits per heavy atom. The summed E-state index contributed by atoms with van der Waals surface area (Å²) in [7, 11) is 0. The highest BCUT2D eigenvalue weighted by molar-refractivity contribution is 5.79. The quantitative estimate of drug-likeness (QED) is 0.352. The normalized spacial score (nSPS) is 13.8. The topological polar surface area (TPSA) is 78.7 Å². The van der Waals surface area contributed by atoms with Gasteiger partial charge in [-0.25, -0.2) is 4.99 Å². The molecule has 0 aliphatic heterocycles. The van der Waals surface area contributed by atoms with Crippen molar-refractivity contribution in [3.8, 4) is 0 Å². The zero-order valence-electron chi connectivity index (χ0n) is 17.1. The zero-order valence-corrected chi connectivity index (χ0v) is 17.1. The average Bonchev–Trinajstić information content (AvgIpc) is 2.68. The van der Waals surface area contributed by atoms with Crippen LogP contribution in [0.4, 0.5) is 0 Å². The Morgan fingerprint density at radius 2 is 1.86 bits per heavy atom. The van der Waals surface area contributed by atoms with Crippen LogP contribution < -0.4 is 16.2 Å².